The monoisotopic (exact) mass is 295 g/mol. The van der Waals surface area contributed by atoms with Crippen molar-refractivity contribution in [3.05, 3.63) is 29.8 Å². The maximum atomic E-state index is 11.2. The molecule has 0 saturated carbocycles. The molecule has 0 bridgehead atoms. The normalized spacial score (nSPS) is 9.50. The number of carbonyl (C=O) groups is 1. The van der Waals surface area contributed by atoms with Crippen molar-refractivity contribution in [2.75, 3.05) is 0 Å². The second-order valence-corrected chi connectivity index (χ2v) is 2.95. The van der Waals surface area contributed by atoms with E-state index in [4.69, 9.17) is 0 Å². The van der Waals surface area contributed by atoms with Crippen molar-refractivity contribution >= 4 is 41.5 Å². The van der Waals surface area contributed by atoms with E-state index in [0.717, 1.165) is 0 Å². The second kappa shape index (κ2) is 4.68. The molecule has 0 saturated heterocycles. The van der Waals surface area contributed by atoms with Crippen molar-refractivity contribution in [2.45, 2.75) is 4.90 Å². The number of hydrogen-bond acceptors (Lipinski definition) is 3. The van der Waals surface area contributed by atoms with Crippen LogP contribution in [0.15, 0.2) is 29.2 Å². The average Bonchev–Trinajstić information content (AvgIpc) is 2.05. The van der Waals surface area contributed by atoms with Crippen LogP contribution >= 0.6 is 35.6 Å². The van der Waals surface area contributed by atoms with Gasteiger partial charge in [0.1, 0.15) is 23.0 Å². The van der Waals surface area contributed by atoms with E-state index in [9.17, 15) is 4.79 Å². The van der Waals surface area contributed by atoms with Crippen molar-refractivity contribution in [3.63, 3.8) is 0 Å². The number of carbonyl (C=O) groups excluding carboxylic acids is 1. The third-order valence-corrected chi connectivity index (χ3v) is 1.89. The summed E-state index contributed by atoms with van der Waals surface area (Å²) in [4.78, 5) is 11.8. The molecule has 1 rings (SSSR count). The van der Waals surface area contributed by atoms with Crippen LogP contribution in [0.3, 0.4) is 0 Å². The molecule has 0 atom stereocenters. The zero-order valence-corrected chi connectivity index (χ0v) is 9.00. The average molecular weight is 295 g/mol. The number of hydroxylamine groups is 1. The summed E-state index contributed by atoms with van der Waals surface area (Å²) in [5, 5.41) is 0. The third-order valence-electron chi connectivity index (χ3n) is 1.28. The van der Waals surface area contributed by atoms with Crippen LogP contribution in [0.25, 0.3) is 0 Å². The lowest BCUT2D eigenvalue weighted by Gasteiger charge is -2.02. The highest BCUT2D eigenvalue weighted by molar-refractivity contribution is 14.1. The van der Waals surface area contributed by atoms with Crippen molar-refractivity contribution < 1.29 is 7.96 Å². The first-order chi connectivity index (χ1) is 5.75. The molecule has 0 aliphatic carbocycles. The molecule has 0 heterocycles. The van der Waals surface area contributed by atoms with Gasteiger partial charge in [0.15, 0.2) is 0 Å². The molecule has 1 aromatic rings. The molecule has 0 fully saturated rings. The highest BCUT2D eigenvalue weighted by atomic mass is 127. The molecule has 1 amide bonds. The van der Waals surface area contributed by atoms with Crippen LogP contribution in [0.2, 0.25) is 0 Å². The Labute approximate surface area is 89.5 Å². The van der Waals surface area contributed by atoms with E-state index in [0.29, 0.717) is 10.5 Å². The van der Waals surface area contributed by atoms with Gasteiger partial charge in [-0.05, 0) is 12.1 Å². The van der Waals surface area contributed by atoms with Gasteiger partial charge in [0.25, 0.3) is 5.91 Å². The quantitative estimate of drug-likeness (QED) is 0.497. The van der Waals surface area contributed by atoms with Gasteiger partial charge in [-0.25, -0.2) is 8.65 Å². The van der Waals surface area contributed by atoms with E-state index in [1.54, 1.807) is 41.2 Å². The summed E-state index contributed by atoms with van der Waals surface area (Å²) in [6.07, 6.45) is 0. The number of nitrogens with one attached hydrogen (secondary N) is 1. The summed E-state index contributed by atoms with van der Waals surface area (Å²) < 4.78 is 4.45. The fourth-order valence-electron chi connectivity index (χ4n) is 0.756. The summed E-state index contributed by atoms with van der Waals surface area (Å²) >= 11 is 5.70. The third kappa shape index (κ3) is 2.36. The summed E-state index contributed by atoms with van der Waals surface area (Å²) in [5.41, 5.74) is 2.70. The SMILES string of the molecule is O=C(NOI)c1ccccc1S. The predicted octanol–water partition coefficient (Wildman–Crippen LogP) is 1.99. The predicted molar refractivity (Wildman–Crippen MR) is 56.3 cm³/mol. The van der Waals surface area contributed by atoms with E-state index >= 15 is 0 Å². The molecule has 0 aliphatic rings. The lowest BCUT2D eigenvalue weighted by atomic mass is 10.2. The molecule has 1 aromatic carbocycles. The largest absolute Gasteiger partial charge is 0.276 e. The molecule has 64 valence electrons. The minimum atomic E-state index is -0.296. The van der Waals surface area contributed by atoms with Crippen LogP contribution in [0.4, 0.5) is 0 Å². The summed E-state index contributed by atoms with van der Waals surface area (Å²) in [5.74, 6) is -0.296. The first-order valence-electron chi connectivity index (χ1n) is 3.11. The molecular weight excluding hydrogens is 289 g/mol. The minimum absolute atomic E-state index is 0.296. The zero-order chi connectivity index (χ0) is 8.97. The van der Waals surface area contributed by atoms with Gasteiger partial charge in [-0.1, -0.05) is 12.1 Å². The van der Waals surface area contributed by atoms with Gasteiger partial charge in [-0.15, -0.1) is 12.6 Å². The van der Waals surface area contributed by atoms with Crippen LogP contribution in [-0.4, -0.2) is 5.91 Å². The number of amides is 1. The van der Waals surface area contributed by atoms with Crippen LogP contribution < -0.4 is 5.48 Å². The van der Waals surface area contributed by atoms with E-state index in [-0.39, 0.29) is 5.91 Å². The van der Waals surface area contributed by atoms with Gasteiger partial charge in [0.05, 0.1) is 5.56 Å². The Morgan fingerprint density at radius 3 is 2.75 bits per heavy atom. The first kappa shape index (κ1) is 9.82. The number of thiol groups is 1. The highest BCUT2D eigenvalue weighted by Gasteiger charge is 2.06. The van der Waals surface area contributed by atoms with Crippen LogP contribution in [0.5, 0.6) is 0 Å². The summed E-state index contributed by atoms with van der Waals surface area (Å²) in [6.45, 7) is 0. The van der Waals surface area contributed by atoms with Crippen molar-refractivity contribution in [1.29, 1.82) is 0 Å². The Morgan fingerprint density at radius 2 is 2.17 bits per heavy atom. The summed E-state index contributed by atoms with van der Waals surface area (Å²) in [6, 6.07) is 6.99. The molecule has 0 spiro atoms. The Balaban J connectivity index is 2.87. The van der Waals surface area contributed by atoms with Crippen molar-refractivity contribution in [2.24, 2.45) is 0 Å². The number of halogens is 1. The molecule has 0 radical (unpaired) electrons. The van der Waals surface area contributed by atoms with Gasteiger partial charge in [-0.2, -0.15) is 0 Å². The first-order valence-corrected chi connectivity index (χ1v) is 4.44. The molecule has 1 N–H and O–H groups in total. The van der Waals surface area contributed by atoms with Crippen LogP contribution in [-0.2, 0) is 3.17 Å². The van der Waals surface area contributed by atoms with Gasteiger partial charge in [0, 0.05) is 4.90 Å². The molecule has 0 aliphatic heterocycles. The molecule has 0 unspecified atom stereocenters. The standard InChI is InChI=1S/C7H6INO2S/c8-11-9-7(10)5-3-1-2-4-6(5)12/h1-4,12H,(H,9,10). The lowest BCUT2D eigenvalue weighted by molar-refractivity contribution is 0.0826. The molecule has 0 aromatic heterocycles. The maximum absolute atomic E-state index is 11.2. The smallest absolute Gasteiger partial charge is 0.267 e. The lowest BCUT2D eigenvalue weighted by Crippen LogP contribution is -2.19. The molecule has 3 nitrogen and oxygen atoms in total. The maximum Gasteiger partial charge on any atom is 0.276 e. The van der Waals surface area contributed by atoms with Crippen LogP contribution in [0, 0.1) is 0 Å². The Kier molecular flexibility index (Phi) is 3.83. The Hall–Kier alpha value is -0.270. The Morgan fingerprint density at radius 1 is 1.50 bits per heavy atom. The zero-order valence-electron chi connectivity index (χ0n) is 5.95. The Bertz CT molecular complexity index is 292. The van der Waals surface area contributed by atoms with Gasteiger partial charge < -0.3 is 0 Å². The number of rotatable bonds is 2. The van der Waals surface area contributed by atoms with E-state index in [1.807, 2.05) is 6.07 Å². The second-order valence-electron chi connectivity index (χ2n) is 2.03. The van der Waals surface area contributed by atoms with Gasteiger partial charge in [0.2, 0.25) is 0 Å². The van der Waals surface area contributed by atoms with Gasteiger partial charge >= 0.3 is 0 Å². The fourth-order valence-corrected chi connectivity index (χ4v) is 1.22. The highest BCUT2D eigenvalue weighted by Crippen LogP contribution is 2.12. The number of benzene rings is 1. The minimum Gasteiger partial charge on any atom is -0.267 e. The van der Waals surface area contributed by atoms with Crippen molar-refractivity contribution in [1.82, 2.24) is 5.48 Å². The van der Waals surface area contributed by atoms with Gasteiger partial charge in [-0.3, -0.25) is 4.79 Å². The van der Waals surface area contributed by atoms with E-state index in [1.165, 1.54) is 0 Å². The van der Waals surface area contributed by atoms with E-state index < -0.39 is 0 Å². The summed E-state index contributed by atoms with van der Waals surface area (Å²) in [7, 11) is 0. The van der Waals surface area contributed by atoms with Crippen molar-refractivity contribution in [3.8, 4) is 0 Å². The van der Waals surface area contributed by atoms with E-state index in [2.05, 4.69) is 21.3 Å². The fraction of sp³-hybridized carbons (Fsp3) is 0. The molecule has 12 heavy (non-hydrogen) atoms. The molecular formula is C7H6INO2S. The topological polar surface area (TPSA) is 38.3 Å². The number of hydrogen-bond donors (Lipinski definition) is 2. The van der Waals surface area contributed by atoms with Crippen LogP contribution in [0.1, 0.15) is 10.4 Å². The molecule has 5 heteroatoms.